The van der Waals surface area contributed by atoms with E-state index in [0.717, 1.165) is 22.7 Å². The lowest BCUT2D eigenvalue weighted by molar-refractivity contribution is 0.0931. The van der Waals surface area contributed by atoms with Gasteiger partial charge in [0.05, 0.1) is 7.11 Å². The van der Waals surface area contributed by atoms with Gasteiger partial charge in [0.25, 0.3) is 11.7 Å². The van der Waals surface area contributed by atoms with Crippen molar-refractivity contribution in [3.05, 3.63) is 71.3 Å². The first-order valence-electron chi connectivity index (χ1n) is 9.09. The minimum atomic E-state index is -0.476. The number of hydrogen-bond donors (Lipinski definition) is 1. The number of fused-ring (bicyclic) bond motifs is 1. The van der Waals surface area contributed by atoms with Crippen molar-refractivity contribution in [2.75, 3.05) is 7.11 Å². The molecule has 0 aliphatic carbocycles. The zero-order valence-corrected chi connectivity index (χ0v) is 16.6. The van der Waals surface area contributed by atoms with Crippen LogP contribution in [-0.4, -0.2) is 42.2 Å². The van der Waals surface area contributed by atoms with Crippen LogP contribution in [0.3, 0.4) is 0 Å². The molecule has 1 atom stereocenters. The van der Waals surface area contributed by atoms with Crippen LogP contribution in [0.5, 0.6) is 5.75 Å². The van der Waals surface area contributed by atoms with E-state index in [2.05, 4.69) is 25.4 Å². The molecule has 3 heterocycles. The average molecular weight is 391 g/mol. The monoisotopic (exact) mass is 391 g/mol. The number of nitrogens with one attached hydrogen (secondary N) is 1. The number of hydrogen-bond acceptors (Lipinski definition) is 6. The summed E-state index contributed by atoms with van der Waals surface area (Å²) in [5, 5.41) is 7.31. The van der Waals surface area contributed by atoms with Gasteiger partial charge >= 0.3 is 0 Å². The first-order chi connectivity index (χ1) is 14.0. The number of ether oxygens (including phenoxy) is 1. The molecule has 1 amide bonds. The van der Waals surface area contributed by atoms with Crippen molar-refractivity contribution in [1.29, 1.82) is 0 Å². The van der Waals surface area contributed by atoms with Gasteiger partial charge in [-0.05, 0) is 37.6 Å². The van der Waals surface area contributed by atoms with Crippen LogP contribution in [0, 0.1) is 13.8 Å². The Morgan fingerprint density at radius 1 is 1.17 bits per heavy atom. The van der Waals surface area contributed by atoms with E-state index in [1.807, 2.05) is 62.0 Å². The second-order valence-electron chi connectivity index (χ2n) is 6.76. The van der Waals surface area contributed by atoms with Gasteiger partial charge in [-0.25, -0.2) is 14.5 Å². The fraction of sp³-hybridized carbons (Fsp3) is 0.250. The van der Waals surface area contributed by atoms with Gasteiger partial charge in [0.15, 0.2) is 0 Å². The molecule has 0 fully saturated rings. The largest absolute Gasteiger partial charge is 0.497 e. The lowest BCUT2D eigenvalue weighted by Gasteiger charge is -2.18. The Morgan fingerprint density at radius 2 is 1.93 bits per heavy atom. The van der Waals surface area contributed by atoms with Crippen molar-refractivity contribution in [2.24, 2.45) is 7.05 Å². The van der Waals surface area contributed by atoms with E-state index in [-0.39, 0.29) is 5.82 Å². The van der Waals surface area contributed by atoms with E-state index < -0.39 is 11.9 Å². The summed E-state index contributed by atoms with van der Waals surface area (Å²) in [6, 6.07) is 8.88. The first kappa shape index (κ1) is 18.6. The molecule has 148 valence electrons. The summed E-state index contributed by atoms with van der Waals surface area (Å²) in [6.45, 7) is 3.77. The highest BCUT2D eigenvalue weighted by molar-refractivity contribution is 5.91. The van der Waals surface area contributed by atoms with Crippen LogP contribution in [0.4, 0.5) is 0 Å². The predicted molar refractivity (Wildman–Crippen MR) is 106 cm³/mol. The van der Waals surface area contributed by atoms with Crippen LogP contribution >= 0.6 is 0 Å². The van der Waals surface area contributed by atoms with E-state index in [1.165, 1.54) is 0 Å². The van der Waals surface area contributed by atoms with Gasteiger partial charge in [0.2, 0.25) is 5.82 Å². The highest BCUT2D eigenvalue weighted by atomic mass is 16.5. The number of methoxy groups -OCH3 is 1. The van der Waals surface area contributed by atoms with Gasteiger partial charge in [0, 0.05) is 30.8 Å². The molecule has 0 radical (unpaired) electrons. The van der Waals surface area contributed by atoms with Gasteiger partial charge in [-0.1, -0.05) is 12.1 Å². The molecule has 0 bridgehead atoms. The molecule has 0 spiro atoms. The summed E-state index contributed by atoms with van der Waals surface area (Å²) in [6.07, 6.45) is 3.52. The molecular formula is C20H21N7O2. The number of amides is 1. The van der Waals surface area contributed by atoms with Crippen LogP contribution in [0.2, 0.25) is 0 Å². The Kier molecular flexibility index (Phi) is 4.71. The number of aryl methyl sites for hydroxylation is 3. The molecular weight excluding hydrogens is 370 g/mol. The summed E-state index contributed by atoms with van der Waals surface area (Å²) >= 11 is 0. The van der Waals surface area contributed by atoms with Gasteiger partial charge in [-0.2, -0.15) is 4.98 Å². The van der Waals surface area contributed by atoms with Crippen molar-refractivity contribution in [2.45, 2.75) is 19.9 Å². The molecule has 9 heteroatoms. The maximum absolute atomic E-state index is 13.0. The third-order valence-electron chi connectivity index (χ3n) is 4.66. The predicted octanol–water partition coefficient (Wildman–Crippen LogP) is 2.00. The Balaban J connectivity index is 1.69. The van der Waals surface area contributed by atoms with E-state index >= 15 is 0 Å². The SMILES string of the molecule is COc1ccc(C(NC(=O)c2nc3nc(C)cc(C)n3n2)c2nccn2C)cc1. The molecule has 0 aliphatic rings. The molecule has 9 nitrogen and oxygen atoms in total. The van der Waals surface area contributed by atoms with Gasteiger partial charge in [0.1, 0.15) is 17.6 Å². The maximum Gasteiger partial charge on any atom is 0.291 e. The first-order valence-corrected chi connectivity index (χ1v) is 9.09. The number of aromatic nitrogens is 6. The molecule has 3 aromatic heterocycles. The summed E-state index contributed by atoms with van der Waals surface area (Å²) in [5.74, 6) is 1.47. The van der Waals surface area contributed by atoms with Gasteiger partial charge in [-0.15, -0.1) is 5.10 Å². The smallest absolute Gasteiger partial charge is 0.291 e. The summed E-state index contributed by atoms with van der Waals surface area (Å²) in [7, 11) is 3.49. The average Bonchev–Trinajstić information content (AvgIpc) is 3.32. The number of carbonyl (C=O) groups is 1. The van der Waals surface area contributed by atoms with E-state index in [0.29, 0.717) is 11.6 Å². The van der Waals surface area contributed by atoms with Gasteiger partial charge < -0.3 is 14.6 Å². The summed E-state index contributed by atoms with van der Waals surface area (Å²) < 4.78 is 8.65. The van der Waals surface area contributed by atoms with Crippen LogP contribution < -0.4 is 10.1 Å². The lowest BCUT2D eigenvalue weighted by Crippen LogP contribution is -2.31. The molecule has 1 aromatic carbocycles. The quantitative estimate of drug-likeness (QED) is 0.559. The Bertz CT molecular complexity index is 1180. The van der Waals surface area contributed by atoms with Crippen LogP contribution in [-0.2, 0) is 7.05 Å². The molecule has 0 aliphatic heterocycles. The van der Waals surface area contributed by atoms with Crippen molar-refractivity contribution in [3.8, 4) is 5.75 Å². The number of carbonyl (C=O) groups excluding carboxylic acids is 1. The van der Waals surface area contributed by atoms with Crippen molar-refractivity contribution < 1.29 is 9.53 Å². The van der Waals surface area contributed by atoms with E-state index in [1.54, 1.807) is 17.8 Å². The third kappa shape index (κ3) is 3.54. The Labute approximate surface area is 167 Å². The number of nitrogens with zero attached hydrogens (tertiary/aromatic N) is 6. The molecule has 0 saturated heterocycles. The minimum absolute atomic E-state index is 0.0546. The van der Waals surface area contributed by atoms with Crippen molar-refractivity contribution >= 4 is 11.7 Å². The maximum atomic E-state index is 13.0. The number of imidazole rings is 1. The summed E-state index contributed by atoms with van der Waals surface area (Å²) in [4.78, 5) is 26.0. The fourth-order valence-corrected chi connectivity index (χ4v) is 3.21. The van der Waals surface area contributed by atoms with Crippen molar-refractivity contribution in [1.82, 2.24) is 34.4 Å². The standard InChI is InChI=1S/C20H21N7O2/c1-12-11-13(2)27-20(22-12)24-17(25-27)19(28)23-16(18-21-9-10-26(18)3)14-5-7-15(29-4)8-6-14/h5-11,16H,1-4H3,(H,23,28). The normalized spacial score (nSPS) is 12.1. The number of benzene rings is 1. The second kappa shape index (κ2) is 7.34. The molecule has 1 unspecified atom stereocenters. The molecule has 4 rings (SSSR count). The van der Waals surface area contributed by atoms with E-state index in [4.69, 9.17) is 4.74 Å². The Morgan fingerprint density at radius 3 is 2.59 bits per heavy atom. The highest BCUT2D eigenvalue weighted by Gasteiger charge is 2.24. The van der Waals surface area contributed by atoms with Crippen LogP contribution in [0.1, 0.15) is 39.4 Å². The zero-order chi connectivity index (χ0) is 20.5. The number of rotatable bonds is 5. The van der Waals surface area contributed by atoms with Crippen molar-refractivity contribution in [3.63, 3.8) is 0 Å². The summed E-state index contributed by atoms with van der Waals surface area (Å²) in [5.41, 5.74) is 2.54. The fourth-order valence-electron chi connectivity index (χ4n) is 3.21. The van der Waals surface area contributed by atoms with Gasteiger partial charge in [-0.3, -0.25) is 4.79 Å². The molecule has 4 aromatic rings. The second-order valence-corrected chi connectivity index (χ2v) is 6.76. The molecule has 0 saturated carbocycles. The van der Waals surface area contributed by atoms with E-state index in [9.17, 15) is 4.79 Å². The van der Waals surface area contributed by atoms with Crippen LogP contribution in [0.25, 0.3) is 5.78 Å². The molecule has 1 N–H and O–H groups in total. The lowest BCUT2D eigenvalue weighted by atomic mass is 10.1. The third-order valence-corrected chi connectivity index (χ3v) is 4.66. The highest BCUT2D eigenvalue weighted by Crippen LogP contribution is 2.23. The molecule has 29 heavy (non-hydrogen) atoms. The topological polar surface area (TPSA) is 99.2 Å². The minimum Gasteiger partial charge on any atom is -0.497 e. The zero-order valence-electron chi connectivity index (χ0n) is 16.6. The Hall–Kier alpha value is -3.75. The van der Waals surface area contributed by atoms with Crippen LogP contribution in [0.15, 0.2) is 42.7 Å².